The number of rotatable bonds is 4. The zero-order valence-corrected chi connectivity index (χ0v) is 12.3. The number of carbonyl (C=O) groups is 4. The van der Waals surface area contributed by atoms with E-state index < -0.39 is 23.3 Å². The monoisotopic (exact) mass is 313 g/mol. The van der Waals surface area contributed by atoms with Gasteiger partial charge in [0.25, 0.3) is 0 Å². The predicted octanol–water partition coefficient (Wildman–Crippen LogP) is 0.494. The first-order valence-corrected chi connectivity index (χ1v) is 7.00. The van der Waals surface area contributed by atoms with Crippen molar-refractivity contribution in [1.82, 2.24) is 15.5 Å². The highest BCUT2D eigenvalue weighted by Gasteiger charge is 2.51. The second kappa shape index (κ2) is 5.85. The summed E-state index contributed by atoms with van der Waals surface area (Å²) < 4.78 is 0. The lowest BCUT2D eigenvalue weighted by molar-refractivity contribution is -0.146. The van der Waals surface area contributed by atoms with E-state index in [2.05, 4.69) is 10.6 Å². The lowest BCUT2D eigenvalue weighted by Gasteiger charge is -2.36. The van der Waals surface area contributed by atoms with Crippen LogP contribution in [0.2, 0.25) is 0 Å². The Balaban J connectivity index is 2.31. The van der Waals surface area contributed by atoms with Gasteiger partial charge in [0.15, 0.2) is 0 Å². The van der Waals surface area contributed by atoms with Crippen molar-refractivity contribution in [3.8, 4) is 0 Å². The van der Waals surface area contributed by atoms with E-state index in [1.807, 2.05) is 0 Å². The summed E-state index contributed by atoms with van der Waals surface area (Å²) in [7, 11) is 0. The Bertz CT molecular complexity index is 520. The molecule has 2 aliphatic heterocycles. The largest absolute Gasteiger partial charge is 0.341 e. The van der Waals surface area contributed by atoms with Crippen molar-refractivity contribution in [2.45, 2.75) is 26.2 Å². The molecule has 2 saturated heterocycles. The fourth-order valence-corrected chi connectivity index (χ4v) is 2.56. The molecule has 0 aliphatic carbocycles. The zero-order valence-electron chi connectivity index (χ0n) is 11.6. The molecule has 114 valence electrons. The molecule has 2 aliphatic rings. The molecule has 2 N–H and O–H groups in total. The minimum absolute atomic E-state index is 0.0249. The minimum atomic E-state index is -1.52. The van der Waals surface area contributed by atoms with E-state index in [1.54, 1.807) is 6.92 Å². The van der Waals surface area contributed by atoms with Crippen LogP contribution in [0, 0.1) is 5.41 Å². The number of amides is 5. The molecule has 21 heavy (non-hydrogen) atoms. The average Bonchev–Trinajstić information content (AvgIpc) is 2.77. The third kappa shape index (κ3) is 3.07. The highest BCUT2D eigenvalue weighted by molar-refractivity contribution is 6.29. The molecule has 0 radical (unpaired) electrons. The summed E-state index contributed by atoms with van der Waals surface area (Å²) in [5.41, 5.74) is -1.52. The predicted molar refractivity (Wildman–Crippen MR) is 74.2 cm³/mol. The van der Waals surface area contributed by atoms with E-state index in [0.717, 1.165) is 0 Å². The molecule has 0 atom stereocenters. The normalized spacial score (nSPS) is 22.4. The molecule has 2 rings (SSSR count). The zero-order chi connectivity index (χ0) is 15.6. The molecule has 5 amide bonds. The Kier molecular flexibility index (Phi) is 4.32. The van der Waals surface area contributed by atoms with Crippen LogP contribution < -0.4 is 10.6 Å². The van der Waals surface area contributed by atoms with E-state index >= 15 is 0 Å². The molecule has 0 aromatic heterocycles. The van der Waals surface area contributed by atoms with Gasteiger partial charge in [0.2, 0.25) is 17.7 Å². The van der Waals surface area contributed by atoms with Gasteiger partial charge in [-0.2, -0.15) is 0 Å². The van der Waals surface area contributed by atoms with Crippen LogP contribution in [0.25, 0.3) is 0 Å². The summed E-state index contributed by atoms with van der Waals surface area (Å²) >= 11 is 5.78. The van der Waals surface area contributed by atoms with Crippen molar-refractivity contribution in [3.63, 3.8) is 0 Å². The van der Waals surface area contributed by atoms with Crippen LogP contribution in [0.3, 0.4) is 0 Å². The Morgan fingerprint density at radius 2 is 1.90 bits per heavy atom. The van der Waals surface area contributed by atoms with E-state index in [4.69, 9.17) is 11.6 Å². The maximum atomic E-state index is 12.2. The molecule has 0 aromatic carbocycles. The Morgan fingerprint density at radius 3 is 2.38 bits per heavy atom. The highest BCUT2D eigenvalue weighted by atomic mass is 35.5. The highest BCUT2D eigenvalue weighted by Crippen LogP contribution is 2.30. The Morgan fingerprint density at radius 1 is 1.29 bits per heavy atom. The van der Waals surface area contributed by atoms with E-state index in [-0.39, 0.29) is 18.9 Å². The van der Waals surface area contributed by atoms with Gasteiger partial charge >= 0.3 is 6.03 Å². The number of allylic oxidation sites excluding steroid dienone is 2. The lowest BCUT2D eigenvalue weighted by atomic mass is 9.80. The molecular weight excluding hydrogens is 298 g/mol. The van der Waals surface area contributed by atoms with Crippen molar-refractivity contribution in [2.75, 3.05) is 13.1 Å². The molecule has 8 heteroatoms. The molecule has 0 spiro atoms. The van der Waals surface area contributed by atoms with Gasteiger partial charge in [0, 0.05) is 24.5 Å². The number of nitrogens with zero attached hydrogens (tertiary/aromatic N) is 1. The fourth-order valence-electron chi connectivity index (χ4n) is 2.49. The summed E-state index contributed by atoms with van der Waals surface area (Å²) in [6.07, 6.45) is 2.66. The van der Waals surface area contributed by atoms with Crippen LogP contribution in [0.4, 0.5) is 4.79 Å². The van der Waals surface area contributed by atoms with E-state index in [9.17, 15) is 19.2 Å². The fraction of sp³-hybridized carbons (Fsp3) is 0.538. The van der Waals surface area contributed by atoms with Gasteiger partial charge < -0.3 is 4.90 Å². The molecule has 2 fully saturated rings. The first kappa shape index (κ1) is 15.5. The number of halogens is 1. The third-order valence-corrected chi connectivity index (χ3v) is 3.84. The average molecular weight is 314 g/mol. The SMILES string of the molecule is CC(Cl)=CCC1(CN2CCCC2=O)C(=O)NC(=O)NC1=O. The molecular formula is C13H16ClN3O4. The van der Waals surface area contributed by atoms with Gasteiger partial charge in [0.1, 0.15) is 5.41 Å². The van der Waals surface area contributed by atoms with Crippen molar-refractivity contribution < 1.29 is 19.2 Å². The van der Waals surface area contributed by atoms with Crippen molar-refractivity contribution in [1.29, 1.82) is 0 Å². The quantitative estimate of drug-likeness (QED) is 0.739. The number of carbonyl (C=O) groups excluding carboxylic acids is 4. The number of likely N-dealkylation sites (tertiary alicyclic amines) is 1. The van der Waals surface area contributed by atoms with Crippen LogP contribution in [0.1, 0.15) is 26.2 Å². The second-order valence-electron chi connectivity index (χ2n) is 5.23. The molecule has 0 unspecified atom stereocenters. The Hall–Kier alpha value is -1.89. The van der Waals surface area contributed by atoms with Gasteiger partial charge in [-0.25, -0.2) is 4.79 Å². The minimum Gasteiger partial charge on any atom is -0.341 e. The summed E-state index contributed by atoms with van der Waals surface area (Å²) in [6.45, 7) is 2.07. The second-order valence-corrected chi connectivity index (χ2v) is 5.83. The molecule has 0 saturated carbocycles. The number of barbiturate groups is 1. The topological polar surface area (TPSA) is 95.6 Å². The first-order chi connectivity index (χ1) is 9.85. The van der Waals surface area contributed by atoms with Crippen LogP contribution >= 0.6 is 11.6 Å². The smallest absolute Gasteiger partial charge is 0.328 e. The summed E-state index contributed by atoms with van der Waals surface area (Å²) in [5, 5.41) is 4.62. The van der Waals surface area contributed by atoms with E-state index in [1.165, 1.54) is 11.0 Å². The van der Waals surface area contributed by atoms with Crippen LogP contribution in [-0.2, 0) is 14.4 Å². The van der Waals surface area contributed by atoms with Crippen LogP contribution in [0.15, 0.2) is 11.1 Å². The van der Waals surface area contributed by atoms with Crippen molar-refractivity contribution >= 4 is 35.4 Å². The Labute approximate surface area is 126 Å². The summed E-state index contributed by atoms with van der Waals surface area (Å²) in [5.74, 6) is -1.51. The van der Waals surface area contributed by atoms with Crippen LogP contribution in [-0.4, -0.2) is 41.7 Å². The lowest BCUT2D eigenvalue weighted by Crippen LogP contribution is -2.65. The molecule has 0 aromatic rings. The maximum absolute atomic E-state index is 12.2. The maximum Gasteiger partial charge on any atom is 0.328 e. The van der Waals surface area contributed by atoms with Gasteiger partial charge in [-0.1, -0.05) is 17.7 Å². The third-order valence-electron chi connectivity index (χ3n) is 3.69. The number of urea groups is 1. The van der Waals surface area contributed by atoms with Crippen LogP contribution in [0.5, 0.6) is 0 Å². The van der Waals surface area contributed by atoms with Gasteiger partial charge in [-0.15, -0.1) is 0 Å². The first-order valence-electron chi connectivity index (χ1n) is 6.62. The summed E-state index contributed by atoms with van der Waals surface area (Å²) in [4.78, 5) is 48.9. The number of hydrogen-bond donors (Lipinski definition) is 2. The standard InChI is InChI=1S/C13H16ClN3O4/c1-8(14)4-5-13(7-17-6-2-3-9(17)18)10(19)15-12(21)16-11(13)20/h4H,2-3,5-7H2,1H3,(H2,15,16,19,20,21). The number of imide groups is 2. The van der Waals surface area contributed by atoms with Gasteiger partial charge in [-0.05, 0) is 19.8 Å². The molecule has 2 heterocycles. The molecule has 7 nitrogen and oxygen atoms in total. The van der Waals surface area contributed by atoms with Crippen molar-refractivity contribution in [2.24, 2.45) is 5.41 Å². The van der Waals surface area contributed by atoms with E-state index in [0.29, 0.717) is 24.4 Å². The van der Waals surface area contributed by atoms with Crippen molar-refractivity contribution in [3.05, 3.63) is 11.1 Å². The van der Waals surface area contributed by atoms with Gasteiger partial charge in [-0.3, -0.25) is 25.0 Å². The number of hydrogen-bond acceptors (Lipinski definition) is 4. The molecule has 0 bridgehead atoms. The van der Waals surface area contributed by atoms with Gasteiger partial charge in [0.05, 0.1) is 0 Å². The summed E-state index contributed by atoms with van der Waals surface area (Å²) in [6, 6.07) is -0.847. The number of nitrogens with one attached hydrogen (secondary N) is 2.